The number of piperazine rings is 1. The molecule has 1 amide bonds. The molecule has 11 heteroatoms. The van der Waals surface area contributed by atoms with Crippen LogP contribution in [0.1, 0.15) is 59.3 Å². The highest BCUT2D eigenvalue weighted by atomic mass is 79.9. The van der Waals surface area contributed by atoms with Crippen LogP contribution in [-0.4, -0.2) is 88.0 Å². The van der Waals surface area contributed by atoms with Gasteiger partial charge in [0.1, 0.15) is 29.7 Å². The number of hydrogen-bond acceptors (Lipinski definition) is 7. The number of ether oxygens (including phenoxy) is 2. The summed E-state index contributed by atoms with van der Waals surface area (Å²) in [5.74, 6) is 0.122. The Labute approximate surface area is 236 Å². The molecule has 1 aromatic heterocycles. The Bertz CT molecular complexity index is 1260. The third-order valence-electron chi connectivity index (χ3n) is 8.58. The molecule has 0 aliphatic carbocycles. The molecule has 0 radical (unpaired) electrons. The molecule has 6 rings (SSSR count). The fraction of sp³-hybridized carbons (Fsp3) is 0.679. The number of amides is 1. The lowest BCUT2D eigenvalue weighted by molar-refractivity contribution is -0.00976. The van der Waals surface area contributed by atoms with Gasteiger partial charge in [0.05, 0.1) is 22.1 Å². The molecule has 212 valence electrons. The van der Waals surface area contributed by atoms with Gasteiger partial charge in [-0.2, -0.15) is 9.97 Å². The normalized spacial score (nSPS) is 29.1. The molecule has 1 aromatic carbocycles. The quantitative estimate of drug-likeness (QED) is 0.457. The van der Waals surface area contributed by atoms with Crippen LogP contribution in [0.3, 0.4) is 0 Å². The number of rotatable bonds is 4. The zero-order valence-corrected chi connectivity index (χ0v) is 24.3. The second kappa shape index (κ2) is 9.98. The minimum Gasteiger partial charge on any atom is -0.461 e. The molecule has 2 unspecified atom stereocenters. The van der Waals surface area contributed by atoms with Gasteiger partial charge in [-0.15, -0.1) is 0 Å². The zero-order valence-electron chi connectivity index (χ0n) is 22.8. The zero-order chi connectivity index (χ0) is 27.5. The van der Waals surface area contributed by atoms with Crippen molar-refractivity contribution in [3.8, 4) is 6.01 Å². The SMILES string of the molecule is CC(C)(C)OC(=O)N1C2CCCC1CN(c1nc(OC[C@@]34CCCN3C[C@H](F)C4)nc3c(F)c(Br)ccc13)C2. The number of anilines is 1. The summed E-state index contributed by atoms with van der Waals surface area (Å²) in [6.45, 7) is 8.30. The van der Waals surface area contributed by atoms with Crippen molar-refractivity contribution in [2.45, 2.75) is 88.7 Å². The lowest BCUT2D eigenvalue weighted by atomic mass is 9.91. The van der Waals surface area contributed by atoms with Gasteiger partial charge in [-0.25, -0.2) is 13.6 Å². The Balaban J connectivity index is 1.31. The van der Waals surface area contributed by atoms with Crippen molar-refractivity contribution in [2.24, 2.45) is 0 Å². The summed E-state index contributed by atoms with van der Waals surface area (Å²) in [5, 5.41) is 0.595. The van der Waals surface area contributed by atoms with Crippen molar-refractivity contribution >= 4 is 38.7 Å². The highest BCUT2D eigenvalue weighted by Gasteiger charge is 2.49. The van der Waals surface area contributed by atoms with Crippen LogP contribution in [0.25, 0.3) is 10.9 Å². The third-order valence-corrected chi connectivity index (χ3v) is 9.19. The van der Waals surface area contributed by atoms with E-state index in [-0.39, 0.29) is 41.8 Å². The van der Waals surface area contributed by atoms with E-state index in [2.05, 4.69) is 30.7 Å². The number of carbonyl (C=O) groups excluding carboxylic acids is 1. The topological polar surface area (TPSA) is 71.0 Å². The monoisotopic (exact) mass is 607 g/mol. The molecule has 5 heterocycles. The van der Waals surface area contributed by atoms with E-state index in [0.29, 0.717) is 41.7 Å². The van der Waals surface area contributed by atoms with Crippen molar-refractivity contribution in [1.29, 1.82) is 0 Å². The van der Waals surface area contributed by atoms with Crippen LogP contribution in [0.2, 0.25) is 0 Å². The number of benzene rings is 1. The standard InChI is InChI=1S/C28H36BrF2N5O3/c1-27(2,3)39-26(37)36-18-6-4-7-19(36)15-34(14-18)24-20-8-9-21(29)22(31)23(20)32-25(33-24)38-16-28-10-5-11-35(28)13-17(30)12-28/h8-9,17-19H,4-7,10-16H2,1-3H3/t17-,18?,19?,28+/m1/s1. The smallest absolute Gasteiger partial charge is 0.410 e. The van der Waals surface area contributed by atoms with Crippen molar-refractivity contribution in [3.05, 3.63) is 22.4 Å². The van der Waals surface area contributed by atoms with E-state index in [1.54, 1.807) is 6.07 Å². The molecule has 4 saturated heterocycles. The molecule has 4 atom stereocenters. The lowest BCUT2D eigenvalue weighted by Gasteiger charge is -2.50. The van der Waals surface area contributed by atoms with Gasteiger partial charge in [-0.3, -0.25) is 9.80 Å². The van der Waals surface area contributed by atoms with Gasteiger partial charge in [0.25, 0.3) is 0 Å². The van der Waals surface area contributed by atoms with Gasteiger partial charge in [-0.05, 0) is 87.5 Å². The average Bonchev–Trinajstić information content (AvgIpc) is 3.38. The summed E-state index contributed by atoms with van der Waals surface area (Å²) in [5.41, 5.74) is -0.748. The Kier molecular flexibility index (Phi) is 6.89. The second-order valence-electron chi connectivity index (χ2n) is 12.5. The summed E-state index contributed by atoms with van der Waals surface area (Å²) in [6, 6.07) is 3.51. The minimum atomic E-state index is -0.865. The highest BCUT2D eigenvalue weighted by Crippen LogP contribution is 2.41. The summed E-state index contributed by atoms with van der Waals surface area (Å²) in [4.78, 5) is 28.6. The second-order valence-corrected chi connectivity index (χ2v) is 13.3. The maximum absolute atomic E-state index is 15.3. The number of nitrogens with zero attached hydrogens (tertiary/aromatic N) is 5. The molecule has 4 aliphatic rings. The summed E-state index contributed by atoms with van der Waals surface area (Å²) in [6.07, 6.45) is 3.92. The van der Waals surface area contributed by atoms with Gasteiger partial charge in [0.2, 0.25) is 0 Å². The van der Waals surface area contributed by atoms with Crippen LogP contribution in [0, 0.1) is 5.82 Å². The van der Waals surface area contributed by atoms with E-state index in [1.165, 1.54) is 0 Å². The molecule has 4 aliphatic heterocycles. The summed E-state index contributed by atoms with van der Waals surface area (Å²) >= 11 is 3.29. The molecular formula is C28H36BrF2N5O3. The Morgan fingerprint density at radius 2 is 1.90 bits per heavy atom. The molecule has 2 aromatic rings. The molecule has 2 bridgehead atoms. The van der Waals surface area contributed by atoms with Gasteiger partial charge in [-0.1, -0.05) is 0 Å². The molecule has 8 nitrogen and oxygen atoms in total. The van der Waals surface area contributed by atoms with Crippen LogP contribution in [-0.2, 0) is 4.74 Å². The number of halogens is 3. The van der Waals surface area contributed by atoms with Crippen LogP contribution < -0.4 is 9.64 Å². The molecule has 0 N–H and O–H groups in total. The number of piperidine rings is 1. The Hall–Kier alpha value is -2.27. The van der Waals surface area contributed by atoms with Crippen LogP contribution in [0.4, 0.5) is 19.4 Å². The number of hydrogen-bond donors (Lipinski definition) is 0. The predicted molar refractivity (Wildman–Crippen MR) is 147 cm³/mol. The lowest BCUT2D eigenvalue weighted by Crippen LogP contribution is -2.63. The largest absolute Gasteiger partial charge is 0.461 e. The highest BCUT2D eigenvalue weighted by molar-refractivity contribution is 9.10. The van der Waals surface area contributed by atoms with Crippen molar-refractivity contribution in [1.82, 2.24) is 19.8 Å². The number of aromatic nitrogens is 2. The maximum Gasteiger partial charge on any atom is 0.410 e. The van der Waals surface area contributed by atoms with E-state index in [9.17, 15) is 9.18 Å². The van der Waals surface area contributed by atoms with E-state index >= 15 is 4.39 Å². The van der Waals surface area contributed by atoms with Crippen molar-refractivity contribution in [3.63, 3.8) is 0 Å². The Morgan fingerprint density at radius 3 is 2.62 bits per heavy atom. The van der Waals surface area contributed by atoms with Gasteiger partial charge in [0, 0.05) is 31.4 Å². The molecular weight excluding hydrogens is 572 g/mol. The van der Waals surface area contributed by atoms with Gasteiger partial charge >= 0.3 is 12.1 Å². The fourth-order valence-electron chi connectivity index (χ4n) is 6.95. The van der Waals surface area contributed by atoms with Gasteiger partial charge < -0.3 is 14.4 Å². The van der Waals surface area contributed by atoms with Crippen molar-refractivity contribution < 1.29 is 23.0 Å². The maximum atomic E-state index is 15.3. The Morgan fingerprint density at radius 1 is 1.15 bits per heavy atom. The van der Waals surface area contributed by atoms with E-state index in [0.717, 1.165) is 38.6 Å². The van der Waals surface area contributed by atoms with Crippen LogP contribution in [0.5, 0.6) is 6.01 Å². The summed E-state index contributed by atoms with van der Waals surface area (Å²) < 4.78 is 41.9. The molecule has 4 fully saturated rings. The molecule has 0 saturated carbocycles. The van der Waals surface area contributed by atoms with E-state index < -0.39 is 17.6 Å². The minimum absolute atomic E-state index is 0.0343. The first kappa shape index (κ1) is 26.9. The van der Waals surface area contributed by atoms with Crippen LogP contribution >= 0.6 is 15.9 Å². The third kappa shape index (κ3) is 5.05. The van der Waals surface area contributed by atoms with Crippen molar-refractivity contribution in [2.75, 3.05) is 37.7 Å². The van der Waals surface area contributed by atoms with E-state index in [4.69, 9.17) is 14.5 Å². The number of carbonyl (C=O) groups is 1. The van der Waals surface area contributed by atoms with Crippen LogP contribution in [0.15, 0.2) is 16.6 Å². The van der Waals surface area contributed by atoms with E-state index in [1.807, 2.05) is 31.7 Å². The molecule has 39 heavy (non-hydrogen) atoms. The first-order valence-corrected chi connectivity index (χ1v) is 14.8. The first-order valence-electron chi connectivity index (χ1n) is 14.0. The summed E-state index contributed by atoms with van der Waals surface area (Å²) in [7, 11) is 0. The number of alkyl halides is 1. The number of fused-ring (bicyclic) bond motifs is 4. The predicted octanol–water partition coefficient (Wildman–Crippen LogP) is 5.46. The fourth-order valence-corrected chi connectivity index (χ4v) is 7.27. The van der Waals surface area contributed by atoms with Gasteiger partial charge in [0.15, 0.2) is 5.82 Å². The average molecular weight is 609 g/mol. The first-order chi connectivity index (χ1) is 18.5. The molecule has 0 spiro atoms.